The SMILES string of the molecule is CC(C)OCC(C)(C)Oc1ccc(C(C)(C)CC(C)(C)C)cc1. The van der Waals surface area contributed by atoms with E-state index in [-0.39, 0.29) is 17.1 Å². The van der Waals surface area contributed by atoms with Crippen LogP contribution in [0.5, 0.6) is 5.75 Å². The lowest BCUT2D eigenvalue weighted by Gasteiger charge is -2.33. The van der Waals surface area contributed by atoms with Gasteiger partial charge in [-0.1, -0.05) is 46.8 Å². The highest BCUT2D eigenvalue weighted by Crippen LogP contribution is 2.36. The van der Waals surface area contributed by atoms with Crippen LogP contribution in [0.15, 0.2) is 24.3 Å². The molecule has 0 unspecified atom stereocenters. The van der Waals surface area contributed by atoms with Crippen molar-refractivity contribution in [2.45, 2.75) is 85.9 Å². The minimum absolute atomic E-state index is 0.160. The number of benzene rings is 1. The summed E-state index contributed by atoms with van der Waals surface area (Å²) in [4.78, 5) is 0. The van der Waals surface area contributed by atoms with E-state index >= 15 is 0 Å². The van der Waals surface area contributed by atoms with Gasteiger partial charge in [0.25, 0.3) is 0 Å². The summed E-state index contributed by atoms with van der Waals surface area (Å²) in [7, 11) is 0. The van der Waals surface area contributed by atoms with E-state index in [2.05, 4.69) is 72.7 Å². The number of hydrogen-bond donors (Lipinski definition) is 0. The second kappa shape index (κ2) is 7.25. The van der Waals surface area contributed by atoms with Gasteiger partial charge in [-0.2, -0.15) is 0 Å². The fraction of sp³-hybridized carbons (Fsp3) is 0.714. The summed E-state index contributed by atoms with van der Waals surface area (Å²) in [5.74, 6) is 0.901. The molecule has 23 heavy (non-hydrogen) atoms. The first-order chi connectivity index (χ1) is 10.3. The van der Waals surface area contributed by atoms with E-state index in [0.29, 0.717) is 12.0 Å². The summed E-state index contributed by atoms with van der Waals surface area (Å²) < 4.78 is 11.8. The van der Waals surface area contributed by atoms with Crippen LogP contribution in [-0.4, -0.2) is 18.3 Å². The maximum atomic E-state index is 6.10. The first-order valence-corrected chi connectivity index (χ1v) is 8.72. The standard InChI is InChI=1S/C21H36O2/c1-16(2)22-15-21(8,9)23-18-12-10-17(11-13-18)20(6,7)14-19(3,4)5/h10-13,16H,14-15H2,1-9H3. The van der Waals surface area contributed by atoms with E-state index in [9.17, 15) is 0 Å². The molecule has 0 amide bonds. The monoisotopic (exact) mass is 320 g/mol. The van der Waals surface area contributed by atoms with Gasteiger partial charge < -0.3 is 9.47 Å². The summed E-state index contributed by atoms with van der Waals surface area (Å²) in [5, 5.41) is 0. The molecular formula is C21H36O2. The molecule has 0 radical (unpaired) electrons. The van der Waals surface area contributed by atoms with E-state index in [1.165, 1.54) is 5.56 Å². The van der Waals surface area contributed by atoms with Crippen LogP contribution in [0.1, 0.15) is 74.3 Å². The van der Waals surface area contributed by atoms with Gasteiger partial charge in [-0.05, 0) is 62.6 Å². The molecule has 0 heterocycles. The molecule has 1 aromatic carbocycles. The Kier molecular flexibility index (Phi) is 6.32. The van der Waals surface area contributed by atoms with Crippen molar-refractivity contribution < 1.29 is 9.47 Å². The van der Waals surface area contributed by atoms with E-state index in [4.69, 9.17) is 9.47 Å². The summed E-state index contributed by atoms with van der Waals surface area (Å²) in [6.45, 7) is 20.3. The number of ether oxygens (including phenoxy) is 2. The highest BCUT2D eigenvalue weighted by molar-refractivity contribution is 5.32. The molecule has 0 atom stereocenters. The lowest BCUT2D eigenvalue weighted by Crippen LogP contribution is -2.35. The Morgan fingerprint density at radius 3 is 1.83 bits per heavy atom. The molecule has 0 saturated carbocycles. The van der Waals surface area contributed by atoms with Crippen LogP contribution in [0.4, 0.5) is 0 Å². The van der Waals surface area contributed by atoms with Crippen LogP contribution in [0.25, 0.3) is 0 Å². The Labute approximate surface area is 143 Å². The molecule has 132 valence electrons. The lowest BCUT2D eigenvalue weighted by atomic mass is 9.72. The Balaban J connectivity index is 2.76. The van der Waals surface area contributed by atoms with E-state index < -0.39 is 0 Å². The first kappa shape index (κ1) is 20.0. The Hall–Kier alpha value is -1.02. The van der Waals surface area contributed by atoms with E-state index in [1.807, 2.05) is 13.8 Å². The van der Waals surface area contributed by atoms with Crippen molar-refractivity contribution in [1.29, 1.82) is 0 Å². The Morgan fingerprint density at radius 2 is 1.39 bits per heavy atom. The van der Waals surface area contributed by atoms with Crippen molar-refractivity contribution in [1.82, 2.24) is 0 Å². The topological polar surface area (TPSA) is 18.5 Å². The summed E-state index contributed by atoms with van der Waals surface area (Å²) in [6.07, 6.45) is 1.37. The minimum atomic E-state index is -0.327. The van der Waals surface area contributed by atoms with Gasteiger partial charge in [-0.25, -0.2) is 0 Å². The van der Waals surface area contributed by atoms with Gasteiger partial charge in [0.1, 0.15) is 11.4 Å². The molecule has 1 aromatic rings. The van der Waals surface area contributed by atoms with Crippen molar-refractivity contribution in [2.24, 2.45) is 5.41 Å². The van der Waals surface area contributed by atoms with Gasteiger partial charge in [-0.15, -0.1) is 0 Å². The van der Waals surface area contributed by atoms with Gasteiger partial charge in [0.05, 0.1) is 12.7 Å². The Morgan fingerprint density at radius 1 is 0.870 bits per heavy atom. The van der Waals surface area contributed by atoms with Crippen molar-refractivity contribution in [3.05, 3.63) is 29.8 Å². The van der Waals surface area contributed by atoms with Gasteiger partial charge in [0.2, 0.25) is 0 Å². The van der Waals surface area contributed by atoms with Gasteiger partial charge in [0.15, 0.2) is 0 Å². The quantitative estimate of drug-likeness (QED) is 0.615. The summed E-state index contributed by atoms with van der Waals surface area (Å²) in [6, 6.07) is 8.55. The smallest absolute Gasteiger partial charge is 0.127 e. The molecule has 0 fully saturated rings. The van der Waals surface area contributed by atoms with Crippen LogP contribution in [0, 0.1) is 5.41 Å². The van der Waals surface area contributed by atoms with E-state index in [1.54, 1.807) is 0 Å². The zero-order chi connectivity index (χ0) is 17.9. The van der Waals surface area contributed by atoms with Crippen molar-refractivity contribution in [3.8, 4) is 5.75 Å². The average molecular weight is 321 g/mol. The van der Waals surface area contributed by atoms with Crippen molar-refractivity contribution in [3.63, 3.8) is 0 Å². The second-order valence-electron chi connectivity index (χ2n) is 9.37. The largest absolute Gasteiger partial charge is 0.485 e. The molecule has 0 saturated heterocycles. The maximum Gasteiger partial charge on any atom is 0.127 e. The van der Waals surface area contributed by atoms with Crippen LogP contribution in [0.3, 0.4) is 0 Å². The summed E-state index contributed by atoms with van der Waals surface area (Å²) >= 11 is 0. The van der Waals surface area contributed by atoms with Crippen LogP contribution in [0.2, 0.25) is 0 Å². The van der Waals surface area contributed by atoms with Gasteiger partial charge >= 0.3 is 0 Å². The third-order valence-corrected chi connectivity index (χ3v) is 3.77. The number of rotatable bonds is 7. The molecule has 0 spiro atoms. The lowest BCUT2D eigenvalue weighted by molar-refractivity contribution is -0.0276. The molecular weight excluding hydrogens is 284 g/mol. The van der Waals surface area contributed by atoms with Crippen molar-refractivity contribution >= 4 is 0 Å². The maximum absolute atomic E-state index is 6.10. The normalized spacial score (nSPS) is 13.5. The fourth-order valence-corrected chi connectivity index (χ4v) is 3.12. The number of hydrogen-bond acceptors (Lipinski definition) is 2. The Bertz CT molecular complexity index is 476. The summed E-state index contributed by atoms with van der Waals surface area (Å²) in [5.41, 5.74) is 1.50. The van der Waals surface area contributed by atoms with Crippen molar-refractivity contribution in [2.75, 3.05) is 6.61 Å². The fourth-order valence-electron chi connectivity index (χ4n) is 3.12. The molecule has 0 aliphatic heterocycles. The van der Waals surface area contributed by atoms with Crippen LogP contribution >= 0.6 is 0 Å². The van der Waals surface area contributed by atoms with Crippen LogP contribution in [-0.2, 0) is 10.2 Å². The molecule has 0 aromatic heterocycles. The molecule has 0 bridgehead atoms. The van der Waals surface area contributed by atoms with Gasteiger partial charge in [-0.3, -0.25) is 0 Å². The predicted molar refractivity (Wildman–Crippen MR) is 99.3 cm³/mol. The zero-order valence-electron chi connectivity index (χ0n) is 16.6. The predicted octanol–water partition coefficient (Wildman–Crippen LogP) is 5.98. The molecule has 0 aliphatic carbocycles. The zero-order valence-corrected chi connectivity index (χ0v) is 16.6. The van der Waals surface area contributed by atoms with Crippen LogP contribution < -0.4 is 4.74 Å². The highest BCUT2D eigenvalue weighted by atomic mass is 16.5. The first-order valence-electron chi connectivity index (χ1n) is 8.72. The van der Waals surface area contributed by atoms with Gasteiger partial charge in [0, 0.05) is 0 Å². The minimum Gasteiger partial charge on any atom is -0.485 e. The molecule has 2 nitrogen and oxygen atoms in total. The highest BCUT2D eigenvalue weighted by Gasteiger charge is 2.27. The molecule has 2 heteroatoms. The average Bonchev–Trinajstić information content (AvgIpc) is 2.34. The van der Waals surface area contributed by atoms with E-state index in [0.717, 1.165) is 12.2 Å². The molecule has 0 N–H and O–H groups in total. The second-order valence-corrected chi connectivity index (χ2v) is 9.37. The molecule has 0 aliphatic rings. The third-order valence-electron chi connectivity index (χ3n) is 3.77. The third kappa shape index (κ3) is 7.39. The molecule has 1 rings (SSSR count).